The Balaban J connectivity index is 1.24. The highest BCUT2D eigenvalue weighted by atomic mass is 35.5. The van der Waals surface area contributed by atoms with Crippen LogP contribution in [0.2, 0.25) is 5.02 Å². The van der Waals surface area contributed by atoms with Crippen LogP contribution in [0.4, 0.5) is 11.5 Å². The molecule has 0 saturated carbocycles. The SMILES string of the molecule is Cc1cc(C)n(-c2cc(N3CCCC(C(=O)N4CCN(c5ccccc5Cl)CC4)C3)ncn2)n1. The summed E-state index contributed by atoms with van der Waals surface area (Å²) in [5.41, 5.74) is 3.03. The van der Waals surface area contributed by atoms with Crippen LogP contribution < -0.4 is 9.80 Å². The van der Waals surface area contributed by atoms with Crippen molar-refractivity contribution in [2.24, 2.45) is 5.92 Å². The molecule has 2 aliphatic rings. The maximum absolute atomic E-state index is 13.4. The number of piperazine rings is 1. The molecule has 8 nitrogen and oxygen atoms in total. The Bertz CT molecular complexity index is 1170. The number of para-hydroxylation sites is 1. The number of nitrogens with zero attached hydrogens (tertiary/aromatic N) is 7. The summed E-state index contributed by atoms with van der Waals surface area (Å²) in [6, 6.07) is 11.9. The van der Waals surface area contributed by atoms with E-state index in [0.29, 0.717) is 6.54 Å². The van der Waals surface area contributed by atoms with Crippen LogP contribution in [0.3, 0.4) is 0 Å². The van der Waals surface area contributed by atoms with Gasteiger partial charge in [-0.2, -0.15) is 5.10 Å². The smallest absolute Gasteiger partial charge is 0.227 e. The van der Waals surface area contributed by atoms with Gasteiger partial charge in [0.05, 0.1) is 22.3 Å². The zero-order chi connectivity index (χ0) is 23.7. The molecule has 34 heavy (non-hydrogen) atoms. The standard InChI is InChI=1S/C25H30ClN7O/c1-18-14-19(2)33(29-18)24-15-23(27-17-28-24)32-9-5-6-20(16-32)25(34)31-12-10-30(11-13-31)22-8-4-3-7-21(22)26/h3-4,7-8,14-15,17,20H,5-6,9-13,16H2,1-2H3. The summed E-state index contributed by atoms with van der Waals surface area (Å²) < 4.78 is 1.84. The molecule has 0 N–H and O–H groups in total. The third kappa shape index (κ3) is 4.59. The van der Waals surface area contributed by atoms with Crippen LogP contribution in [0.5, 0.6) is 0 Å². The van der Waals surface area contributed by atoms with E-state index in [1.807, 2.05) is 59.8 Å². The van der Waals surface area contributed by atoms with Crippen molar-refractivity contribution in [3.63, 3.8) is 0 Å². The molecule has 1 amide bonds. The van der Waals surface area contributed by atoms with Crippen molar-refractivity contribution in [3.8, 4) is 5.82 Å². The lowest BCUT2D eigenvalue weighted by Gasteiger charge is -2.40. The van der Waals surface area contributed by atoms with E-state index in [0.717, 1.165) is 79.3 Å². The summed E-state index contributed by atoms with van der Waals surface area (Å²) in [5, 5.41) is 5.30. The van der Waals surface area contributed by atoms with Gasteiger partial charge in [0.1, 0.15) is 12.1 Å². The van der Waals surface area contributed by atoms with Crippen LogP contribution in [-0.2, 0) is 4.79 Å². The molecule has 178 valence electrons. The van der Waals surface area contributed by atoms with Gasteiger partial charge in [-0.15, -0.1) is 0 Å². The molecule has 1 unspecified atom stereocenters. The fourth-order valence-corrected chi connectivity index (χ4v) is 5.26. The fourth-order valence-electron chi connectivity index (χ4n) is 5.01. The third-order valence-electron chi connectivity index (χ3n) is 6.74. The molecule has 0 radical (unpaired) electrons. The maximum atomic E-state index is 13.4. The second-order valence-corrected chi connectivity index (χ2v) is 9.53. The van der Waals surface area contributed by atoms with E-state index in [-0.39, 0.29) is 11.8 Å². The first kappa shape index (κ1) is 22.7. The molecular formula is C25H30ClN7O. The molecule has 9 heteroatoms. The number of hydrogen-bond acceptors (Lipinski definition) is 6. The first-order valence-corrected chi connectivity index (χ1v) is 12.3. The van der Waals surface area contributed by atoms with Crippen LogP contribution in [-0.4, -0.2) is 69.8 Å². The number of hydrogen-bond donors (Lipinski definition) is 0. The Morgan fingerprint density at radius 3 is 2.47 bits per heavy atom. The second-order valence-electron chi connectivity index (χ2n) is 9.12. The van der Waals surface area contributed by atoms with Gasteiger partial charge in [-0.1, -0.05) is 23.7 Å². The molecule has 1 aromatic carbocycles. The lowest BCUT2D eigenvalue weighted by molar-refractivity contribution is -0.136. The predicted octanol–water partition coefficient (Wildman–Crippen LogP) is 3.50. The largest absolute Gasteiger partial charge is 0.367 e. The van der Waals surface area contributed by atoms with E-state index in [9.17, 15) is 4.79 Å². The number of aromatic nitrogens is 4. The summed E-state index contributed by atoms with van der Waals surface area (Å²) in [6.45, 7) is 8.58. The van der Waals surface area contributed by atoms with Gasteiger partial charge in [-0.3, -0.25) is 4.79 Å². The minimum atomic E-state index is -0.0206. The van der Waals surface area contributed by atoms with Gasteiger partial charge in [0.15, 0.2) is 5.82 Å². The third-order valence-corrected chi connectivity index (χ3v) is 7.06. The minimum absolute atomic E-state index is 0.0206. The molecule has 1 atom stereocenters. The highest BCUT2D eigenvalue weighted by Gasteiger charge is 2.32. The molecule has 0 bridgehead atoms. The van der Waals surface area contributed by atoms with Gasteiger partial charge < -0.3 is 14.7 Å². The van der Waals surface area contributed by atoms with Crippen LogP contribution >= 0.6 is 11.6 Å². The van der Waals surface area contributed by atoms with Crippen molar-refractivity contribution in [2.75, 3.05) is 49.1 Å². The summed E-state index contributed by atoms with van der Waals surface area (Å²) in [5.74, 6) is 1.82. The number of aryl methyl sites for hydroxylation is 2. The molecule has 5 rings (SSSR count). The molecule has 2 aromatic heterocycles. The van der Waals surface area contributed by atoms with Gasteiger partial charge in [0.2, 0.25) is 5.91 Å². The number of carbonyl (C=O) groups is 1. The Morgan fingerprint density at radius 1 is 0.971 bits per heavy atom. The van der Waals surface area contributed by atoms with E-state index in [1.165, 1.54) is 0 Å². The van der Waals surface area contributed by atoms with Crippen molar-refractivity contribution < 1.29 is 4.79 Å². The van der Waals surface area contributed by atoms with Gasteiger partial charge >= 0.3 is 0 Å². The van der Waals surface area contributed by atoms with E-state index in [4.69, 9.17) is 11.6 Å². The van der Waals surface area contributed by atoms with Gasteiger partial charge in [-0.25, -0.2) is 14.6 Å². The quantitative estimate of drug-likeness (QED) is 0.570. The number of piperidine rings is 1. The van der Waals surface area contributed by atoms with E-state index < -0.39 is 0 Å². The molecular weight excluding hydrogens is 450 g/mol. The molecule has 0 aliphatic carbocycles. The predicted molar refractivity (Wildman–Crippen MR) is 134 cm³/mol. The lowest BCUT2D eigenvalue weighted by Crippen LogP contribution is -2.52. The van der Waals surface area contributed by atoms with Crippen LogP contribution in [0.1, 0.15) is 24.2 Å². The van der Waals surface area contributed by atoms with Gasteiger partial charge in [-0.05, 0) is 44.9 Å². The van der Waals surface area contributed by atoms with Crippen molar-refractivity contribution in [2.45, 2.75) is 26.7 Å². The van der Waals surface area contributed by atoms with Gasteiger partial charge in [0.25, 0.3) is 0 Å². The number of carbonyl (C=O) groups excluding carboxylic acids is 1. The van der Waals surface area contributed by atoms with E-state index in [1.54, 1.807) is 6.33 Å². The number of halogens is 1. The zero-order valence-electron chi connectivity index (χ0n) is 19.7. The zero-order valence-corrected chi connectivity index (χ0v) is 20.4. The van der Waals surface area contributed by atoms with Crippen molar-refractivity contribution >= 4 is 29.0 Å². The summed E-state index contributed by atoms with van der Waals surface area (Å²) in [7, 11) is 0. The number of rotatable bonds is 4. The average molecular weight is 480 g/mol. The topological polar surface area (TPSA) is 70.4 Å². The Morgan fingerprint density at radius 2 is 1.74 bits per heavy atom. The van der Waals surface area contributed by atoms with Gasteiger partial charge in [0, 0.05) is 51.0 Å². The highest BCUT2D eigenvalue weighted by Crippen LogP contribution is 2.28. The average Bonchev–Trinajstić information content (AvgIpc) is 3.22. The highest BCUT2D eigenvalue weighted by molar-refractivity contribution is 6.33. The minimum Gasteiger partial charge on any atom is -0.367 e. The number of amides is 1. The Labute approximate surface area is 205 Å². The Hall–Kier alpha value is -3.13. The van der Waals surface area contributed by atoms with Crippen LogP contribution in [0, 0.1) is 19.8 Å². The lowest BCUT2D eigenvalue weighted by atomic mass is 9.96. The van der Waals surface area contributed by atoms with Crippen molar-refractivity contribution in [1.29, 1.82) is 0 Å². The molecule has 2 aliphatic heterocycles. The van der Waals surface area contributed by atoms with E-state index in [2.05, 4.69) is 24.9 Å². The van der Waals surface area contributed by atoms with Crippen LogP contribution in [0.25, 0.3) is 5.82 Å². The second kappa shape index (κ2) is 9.62. The summed E-state index contributed by atoms with van der Waals surface area (Å²) in [4.78, 5) is 28.8. The maximum Gasteiger partial charge on any atom is 0.227 e. The first-order valence-electron chi connectivity index (χ1n) is 11.9. The monoisotopic (exact) mass is 479 g/mol. The first-order chi connectivity index (χ1) is 16.5. The number of anilines is 2. The molecule has 4 heterocycles. The fraction of sp³-hybridized carbons (Fsp3) is 0.440. The summed E-state index contributed by atoms with van der Waals surface area (Å²) >= 11 is 6.37. The normalized spacial score (nSPS) is 18.9. The van der Waals surface area contributed by atoms with Crippen molar-refractivity contribution in [3.05, 3.63) is 59.1 Å². The molecule has 2 fully saturated rings. The molecule has 3 aromatic rings. The van der Waals surface area contributed by atoms with E-state index >= 15 is 0 Å². The molecule has 0 spiro atoms. The van der Waals surface area contributed by atoms with Crippen molar-refractivity contribution in [1.82, 2.24) is 24.6 Å². The number of benzene rings is 1. The summed E-state index contributed by atoms with van der Waals surface area (Å²) in [6.07, 6.45) is 3.46. The Kier molecular flexibility index (Phi) is 6.41. The molecule has 2 saturated heterocycles. The van der Waals surface area contributed by atoms with Crippen LogP contribution in [0.15, 0.2) is 42.7 Å².